The predicted octanol–water partition coefficient (Wildman–Crippen LogP) is 2.29. The smallest absolute Gasteiger partial charge is 0.319 e. The third kappa shape index (κ3) is 4.48. The zero-order chi connectivity index (χ0) is 20.9. The number of aromatic nitrogens is 2. The van der Waals surface area contributed by atoms with Crippen molar-refractivity contribution in [2.45, 2.75) is 33.6 Å². The van der Waals surface area contributed by atoms with E-state index in [0.29, 0.717) is 24.2 Å². The maximum absolute atomic E-state index is 12.4. The van der Waals surface area contributed by atoms with E-state index in [2.05, 4.69) is 15.7 Å². The second kappa shape index (κ2) is 8.55. The number of urea groups is 1. The lowest BCUT2D eigenvalue weighted by Gasteiger charge is -2.27. The van der Waals surface area contributed by atoms with Crippen molar-refractivity contribution < 1.29 is 19.5 Å². The Morgan fingerprint density at radius 3 is 2.43 bits per heavy atom. The monoisotopic (exact) mass is 387 g/mol. The zero-order valence-corrected chi connectivity index (χ0v) is 16.2. The fourth-order valence-corrected chi connectivity index (χ4v) is 2.83. The molecular weight excluding hydrogens is 362 g/mol. The van der Waals surface area contributed by atoms with E-state index in [0.717, 1.165) is 5.56 Å². The minimum Gasteiger partial charge on any atom is -0.481 e. The molecule has 0 radical (unpaired) electrons. The van der Waals surface area contributed by atoms with Crippen LogP contribution in [0.3, 0.4) is 0 Å². The van der Waals surface area contributed by atoms with Crippen molar-refractivity contribution in [1.82, 2.24) is 15.1 Å². The van der Waals surface area contributed by atoms with Crippen LogP contribution in [0.1, 0.15) is 42.6 Å². The molecule has 0 saturated heterocycles. The van der Waals surface area contributed by atoms with Gasteiger partial charge in [0.1, 0.15) is 0 Å². The quantitative estimate of drug-likeness (QED) is 0.550. The van der Waals surface area contributed by atoms with Crippen LogP contribution in [0.15, 0.2) is 30.6 Å². The predicted molar refractivity (Wildman–Crippen MR) is 104 cm³/mol. The number of amides is 3. The number of carbonyl (C=O) groups is 3. The van der Waals surface area contributed by atoms with E-state index in [1.807, 2.05) is 6.92 Å². The zero-order valence-electron chi connectivity index (χ0n) is 16.2. The number of aliphatic carboxylic acids is 1. The van der Waals surface area contributed by atoms with Gasteiger partial charge in [0.15, 0.2) is 0 Å². The molecular formula is C19H25N5O4. The highest BCUT2D eigenvalue weighted by atomic mass is 16.4. The number of nitrogens with one attached hydrogen (secondary N) is 2. The van der Waals surface area contributed by atoms with Crippen molar-refractivity contribution in [2.75, 3.05) is 11.9 Å². The lowest BCUT2D eigenvalue weighted by molar-refractivity contribution is -0.149. The van der Waals surface area contributed by atoms with Crippen LogP contribution in [-0.2, 0) is 4.79 Å². The van der Waals surface area contributed by atoms with Crippen molar-refractivity contribution in [3.8, 4) is 5.69 Å². The number of carbonyl (C=O) groups excluding carboxylic acids is 2. The Labute approximate surface area is 162 Å². The number of aryl methyl sites for hydroxylation is 1. The molecule has 0 bridgehead atoms. The fourth-order valence-electron chi connectivity index (χ4n) is 2.83. The summed E-state index contributed by atoms with van der Waals surface area (Å²) in [7, 11) is 0. The van der Waals surface area contributed by atoms with Gasteiger partial charge in [-0.1, -0.05) is 13.8 Å². The number of carboxylic acids is 1. The first-order valence-electron chi connectivity index (χ1n) is 8.96. The molecule has 3 amide bonds. The highest BCUT2D eigenvalue weighted by molar-refractivity contribution is 5.97. The van der Waals surface area contributed by atoms with E-state index < -0.39 is 23.3 Å². The van der Waals surface area contributed by atoms with E-state index in [-0.39, 0.29) is 12.1 Å². The second-order valence-corrected chi connectivity index (χ2v) is 6.66. The third-order valence-corrected chi connectivity index (χ3v) is 4.88. The van der Waals surface area contributed by atoms with E-state index in [4.69, 9.17) is 5.73 Å². The van der Waals surface area contributed by atoms with Gasteiger partial charge in [0.2, 0.25) is 5.91 Å². The first-order valence-corrected chi connectivity index (χ1v) is 8.96. The molecule has 2 aromatic rings. The maximum Gasteiger partial charge on any atom is 0.319 e. The number of carboxylic acid groups (broad SMARTS) is 1. The van der Waals surface area contributed by atoms with Gasteiger partial charge in [-0.15, -0.1) is 0 Å². The van der Waals surface area contributed by atoms with Crippen LogP contribution < -0.4 is 16.4 Å². The summed E-state index contributed by atoms with van der Waals surface area (Å²) in [4.78, 5) is 35.5. The molecule has 0 saturated carbocycles. The Kier molecular flexibility index (Phi) is 6.40. The van der Waals surface area contributed by atoms with Gasteiger partial charge in [0.25, 0.3) is 0 Å². The first-order chi connectivity index (χ1) is 13.2. The Morgan fingerprint density at radius 2 is 1.93 bits per heavy atom. The van der Waals surface area contributed by atoms with E-state index in [1.54, 1.807) is 43.1 Å². The summed E-state index contributed by atoms with van der Waals surface area (Å²) < 4.78 is 1.56. The van der Waals surface area contributed by atoms with Crippen LogP contribution >= 0.6 is 0 Å². The van der Waals surface area contributed by atoms with Crippen LogP contribution in [0.25, 0.3) is 5.69 Å². The van der Waals surface area contributed by atoms with Crippen LogP contribution in [0.5, 0.6) is 0 Å². The van der Waals surface area contributed by atoms with Crippen molar-refractivity contribution in [3.63, 3.8) is 0 Å². The molecule has 28 heavy (non-hydrogen) atoms. The standard InChI is InChI=1S/C19H25N5O4/c1-4-19(5-2,17(26)27)11-21-18(28)23-14-8-13(16(20)25)6-7-15(14)24-10-12(3)9-22-24/h6-10H,4-5,11H2,1-3H3,(H2,20,25)(H,26,27)(H2,21,23,28). The van der Waals surface area contributed by atoms with Crippen molar-refractivity contribution in [2.24, 2.45) is 11.1 Å². The third-order valence-electron chi connectivity index (χ3n) is 4.88. The van der Waals surface area contributed by atoms with Gasteiger partial charge in [-0.05, 0) is 43.5 Å². The van der Waals surface area contributed by atoms with Crippen molar-refractivity contribution >= 4 is 23.6 Å². The highest BCUT2D eigenvalue weighted by Gasteiger charge is 2.35. The molecule has 0 aliphatic carbocycles. The summed E-state index contributed by atoms with van der Waals surface area (Å²) in [5.74, 6) is -1.59. The number of hydrogen-bond acceptors (Lipinski definition) is 4. The molecule has 0 atom stereocenters. The molecule has 5 N–H and O–H groups in total. The number of nitrogens with zero attached hydrogens (tertiary/aromatic N) is 2. The average Bonchev–Trinajstić information content (AvgIpc) is 3.08. The maximum atomic E-state index is 12.4. The van der Waals surface area contributed by atoms with Crippen LogP contribution in [-0.4, -0.2) is 39.3 Å². The summed E-state index contributed by atoms with van der Waals surface area (Å²) in [6.45, 7) is 5.40. The lowest BCUT2D eigenvalue weighted by Crippen LogP contribution is -2.43. The molecule has 0 fully saturated rings. The molecule has 150 valence electrons. The Balaban J connectivity index is 2.26. The Hall–Kier alpha value is -3.36. The number of anilines is 1. The van der Waals surface area contributed by atoms with Crippen LogP contribution in [0.4, 0.5) is 10.5 Å². The molecule has 1 heterocycles. The van der Waals surface area contributed by atoms with Gasteiger partial charge >= 0.3 is 12.0 Å². The van der Waals surface area contributed by atoms with Crippen molar-refractivity contribution in [1.29, 1.82) is 0 Å². The van der Waals surface area contributed by atoms with E-state index in [9.17, 15) is 19.5 Å². The van der Waals surface area contributed by atoms with Crippen LogP contribution in [0.2, 0.25) is 0 Å². The average molecular weight is 387 g/mol. The SMILES string of the molecule is CCC(CC)(CNC(=O)Nc1cc(C(N)=O)ccc1-n1cc(C)cn1)C(=O)O. The summed E-state index contributed by atoms with van der Waals surface area (Å²) in [6.07, 6.45) is 4.20. The molecule has 1 aromatic heterocycles. The largest absolute Gasteiger partial charge is 0.481 e. The number of benzene rings is 1. The van der Waals surface area contributed by atoms with Crippen LogP contribution in [0, 0.1) is 12.3 Å². The fraction of sp³-hybridized carbons (Fsp3) is 0.368. The molecule has 9 heteroatoms. The summed E-state index contributed by atoms with van der Waals surface area (Å²) in [6, 6.07) is 4.04. The molecule has 1 aromatic carbocycles. The number of rotatable bonds is 8. The summed E-state index contributed by atoms with van der Waals surface area (Å²) in [5.41, 5.74) is 6.32. The van der Waals surface area contributed by atoms with Crippen molar-refractivity contribution in [3.05, 3.63) is 41.7 Å². The normalized spacial score (nSPS) is 11.1. The highest BCUT2D eigenvalue weighted by Crippen LogP contribution is 2.26. The Bertz CT molecular complexity index is 886. The van der Waals surface area contributed by atoms with Gasteiger partial charge in [-0.3, -0.25) is 9.59 Å². The van der Waals surface area contributed by atoms with E-state index in [1.165, 1.54) is 6.07 Å². The minimum absolute atomic E-state index is 0.0209. The van der Waals surface area contributed by atoms with Gasteiger partial charge in [0.05, 0.1) is 23.0 Å². The van der Waals surface area contributed by atoms with E-state index >= 15 is 0 Å². The van der Waals surface area contributed by atoms with Gasteiger partial charge in [-0.2, -0.15) is 5.10 Å². The molecule has 2 rings (SSSR count). The molecule has 9 nitrogen and oxygen atoms in total. The minimum atomic E-state index is -1.03. The Morgan fingerprint density at radius 1 is 1.25 bits per heavy atom. The van der Waals surface area contributed by atoms with Gasteiger partial charge in [0, 0.05) is 18.3 Å². The number of primary amides is 1. The number of nitrogens with two attached hydrogens (primary N) is 1. The summed E-state index contributed by atoms with van der Waals surface area (Å²) in [5, 5.41) is 19.0. The molecule has 0 aliphatic heterocycles. The lowest BCUT2D eigenvalue weighted by atomic mass is 9.82. The molecule has 0 spiro atoms. The van der Waals surface area contributed by atoms with Gasteiger partial charge < -0.3 is 21.5 Å². The summed E-state index contributed by atoms with van der Waals surface area (Å²) >= 11 is 0. The first kappa shape index (κ1) is 20.9. The topological polar surface area (TPSA) is 139 Å². The molecule has 0 unspecified atom stereocenters. The van der Waals surface area contributed by atoms with Gasteiger partial charge in [-0.25, -0.2) is 9.48 Å². The number of hydrogen-bond donors (Lipinski definition) is 4. The molecule has 0 aliphatic rings. The second-order valence-electron chi connectivity index (χ2n) is 6.66.